The van der Waals surface area contributed by atoms with Crippen LogP contribution in [-0.2, 0) is 18.6 Å². The van der Waals surface area contributed by atoms with Gasteiger partial charge in [-0.05, 0) is 68.7 Å². The zero-order valence-corrected chi connectivity index (χ0v) is 32.7. The molecule has 1 aromatic heterocycles. The third kappa shape index (κ3) is 15.7. The predicted octanol–water partition coefficient (Wildman–Crippen LogP) is 7.74. The maximum atomic E-state index is 15.4. The molecule has 2 aromatic rings. The molecule has 0 radical (unpaired) electrons. The van der Waals surface area contributed by atoms with Crippen LogP contribution in [0, 0.1) is 0 Å². The Kier molecular flexibility index (Phi) is 19.9. The van der Waals surface area contributed by atoms with Crippen molar-refractivity contribution < 1.29 is 37.0 Å². The Bertz CT molecular complexity index is 1900. The Morgan fingerprint density at radius 1 is 1.00 bits per heavy atom. The lowest BCUT2D eigenvalue weighted by molar-refractivity contribution is -0.144. The standard InChI is InChI=1S/C39H51F2N8O7P/c1-2-3-4-5-6-7-8-9-10-11-12-13-14-15-16-17-18-19-23-26-34(50)44-28-29-45-57(53,56-32-24-21-20-22-25-32)54-31-38(47-48-43)35(51)39(40,41)36(55-38)49-30-27-33(42)46-37(49)52/h3-4,6-7,9-10,12-13,15-16,18-22,24-25,27,30,35-36,51H,2,5,8,11,14,17,23,26,28-29,31H2,1H3,(H,44,50)(H,45,53)(H2,42,46,52)/b4-3-,7-6-,10-9-,13-12-,16-15-,19-18-/t35-,36-,38-,57?/m1/s1. The van der Waals surface area contributed by atoms with E-state index in [1.807, 2.05) is 12.2 Å². The molecule has 5 N–H and O–H groups in total. The molecule has 308 valence electrons. The molecule has 57 heavy (non-hydrogen) atoms. The zero-order valence-electron chi connectivity index (χ0n) is 31.8. The van der Waals surface area contributed by atoms with Gasteiger partial charge in [0.2, 0.25) is 17.9 Å². The number of ether oxygens (including phenoxy) is 1. The van der Waals surface area contributed by atoms with Crippen molar-refractivity contribution in [3.63, 3.8) is 0 Å². The van der Waals surface area contributed by atoms with Crippen molar-refractivity contribution in [1.82, 2.24) is 20.0 Å². The van der Waals surface area contributed by atoms with Crippen molar-refractivity contribution in [2.24, 2.45) is 5.11 Å². The second kappa shape index (κ2) is 24.5. The van der Waals surface area contributed by atoms with E-state index < -0.39 is 44.0 Å². The molecule has 1 fully saturated rings. The molecule has 1 aromatic carbocycles. The molecule has 15 nitrogen and oxygen atoms in total. The van der Waals surface area contributed by atoms with Crippen LogP contribution in [-0.4, -0.2) is 58.0 Å². The maximum absolute atomic E-state index is 15.4. The van der Waals surface area contributed by atoms with E-state index in [-0.39, 0.29) is 37.0 Å². The summed E-state index contributed by atoms with van der Waals surface area (Å²) in [5, 5.41) is 19.1. The minimum atomic E-state index is -4.50. The molecule has 1 aliphatic rings. The molecule has 3 rings (SSSR count). The first-order valence-corrected chi connectivity index (χ1v) is 20.1. The first-order chi connectivity index (χ1) is 27.5. The molecular formula is C39H51F2N8O7P. The summed E-state index contributed by atoms with van der Waals surface area (Å²) in [5.41, 5.74) is 10.6. The monoisotopic (exact) mass is 812 g/mol. The summed E-state index contributed by atoms with van der Waals surface area (Å²) in [5.74, 6) is -4.70. The van der Waals surface area contributed by atoms with E-state index >= 15 is 8.78 Å². The number of rotatable bonds is 25. The number of aliphatic hydroxyl groups is 1. The van der Waals surface area contributed by atoms with Crippen molar-refractivity contribution in [3.8, 4) is 5.75 Å². The van der Waals surface area contributed by atoms with Gasteiger partial charge >= 0.3 is 19.4 Å². The van der Waals surface area contributed by atoms with Crippen molar-refractivity contribution >= 4 is 19.5 Å². The average Bonchev–Trinajstić information content (AvgIpc) is 3.38. The molecule has 1 unspecified atom stereocenters. The molecule has 1 aliphatic heterocycles. The van der Waals surface area contributed by atoms with Gasteiger partial charge in [0.25, 0.3) is 0 Å². The molecule has 0 spiro atoms. The van der Waals surface area contributed by atoms with E-state index in [2.05, 4.69) is 93.1 Å². The third-order valence-electron chi connectivity index (χ3n) is 8.05. The summed E-state index contributed by atoms with van der Waals surface area (Å²) in [4.78, 5) is 30.6. The van der Waals surface area contributed by atoms with Gasteiger partial charge in [-0.2, -0.15) is 13.8 Å². The second-order valence-corrected chi connectivity index (χ2v) is 14.3. The number of azide groups is 1. The maximum Gasteiger partial charge on any atom is 0.458 e. The van der Waals surface area contributed by atoms with Crippen molar-refractivity contribution in [2.45, 2.75) is 82.3 Å². The number of carbonyl (C=O) groups is 1. The molecule has 18 heteroatoms. The summed E-state index contributed by atoms with van der Waals surface area (Å²) in [7, 11) is -4.50. The number of nitrogens with two attached hydrogens (primary N) is 1. The Morgan fingerprint density at radius 3 is 2.14 bits per heavy atom. The fourth-order valence-electron chi connectivity index (χ4n) is 5.15. The van der Waals surface area contributed by atoms with Crippen molar-refractivity contribution in [3.05, 3.63) is 136 Å². The fourth-order valence-corrected chi connectivity index (χ4v) is 6.50. The topological polar surface area (TPSA) is 216 Å². The lowest BCUT2D eigenvalue weighted by Gasteiger charge is -2.28. The number of benzene rings is 1. The van der Waals surface area contributed by atoms with Gasteiger partial charge in [-0.15, -0.1) is 0 Å². The van der Waals surface area contributed by atoms with Crippen LogP contribution in [0.5, 0.6) is 5.75 Å². The van der Waals surface area contributed by atoms with Crippen molar-refractivity contribution in [1.29, 1.82) is 0 Å². The largest absolute Gasteiger partial charge is 0.458 e. The quantitative estimate of drug-likeness (QED) is 0.0191. The summed E-state index contributed by atoms with van der Waals surface area (Å²) < 4.78 is 61.2. The van der Waals surface area contributed by atoms with Crippen LogP contribution in [0.1, 0.15) is 64.5 Å². The van der Waals surface area contributed by atoms with E-state index in [4.69, 9.17) is 19.5 Å². The van der Waals surface area contributed by atoms with Gasteiger partial charge in [0.1, 0.15) is 11.6 Å². The number of halogens is 2. The Balaban J connectivity index is 1.45. The van der Waals surface area contributed by atoms with Crippen LogP contribution in [0.25, 0.3) is 10.4 Å². The van der Waals surface area contributed by atoms with Crippen LogP contribution in [0.3, 0.4) is 0 Å². The summed E-state index contributed by atoms with van der Waals surface area (Å²) >= 11 is 0. The number of para-hydroxylation sites is 1. The zero-order chi connectivity index (χ0) is 41.4. The van der Waals surface area contributed by atoms with Gasteiger partial charge in [-0.1, -0.05) is 103 Å². The van der Waals surface area contributed by atoms with E-state index in [1.54, 1.807) is 18.2 Å². The normalized spacial score (nSPS) is 20.6. The van der Waals surface area contributed by atoms with Crippen LogP contribution in [0.2, 0.25) is 0 Å². The van der Waals surface area contributed by atoms with Crippen LogP contribution >= 0.6 is 7.75 Å². The number of nitrogen functional groups attached to an aromatic ring is 1. The molecular weight excluding hydrogens is 761 g/mol. The lowest BCUT2D eigenvalue weighted by atomic mass is 10.1. The van der Waals surface area contributed by atoms with E-state index in [0.717, 1.165) is 50.8 Å². The number of hydrogen-bond donors (Lipinski definition) is 4. The molecule has 2 heterocycles. The number of anilines is 1. The van der Waals surface area contributed by atoms with E-state index in [9.17, 15) is 24.8 Å². The third-order valence-corrected chi connectivity index (χ3v) is 9.58. The molecule has 1 saturated heterocycles. The highest BCUT2D eigenvalue weighted by Crippen LogP contribution is 2.51. The van der Waals surface area contributed by atoms with Gasteiger partial charge in [0.05, 0.1) is 6.61 Å². The van der Waals surface area contributed by atoms with E-state index in [0.29, 0.717) is 11.0 Å². The number of nitrogens with zero attached hydrogens (tertiary/aromatic N) is 5. The summed E-state index contributed by atoms with van der Waals surface area (Å²) in [6.07, 6.45) is 26.8. The lowest BCUT2D eigenvalue weighted by Crippen LogP contribution is -2.48. The predicted molar refractivity (Wildman–Crippen MR) is 215 cm³/mol. The number of hydrogen-bond acceptors (Lipinski definition) is 10. The van der Waals surface area contributed by atoms with Crippen molar-refractivity contribution in [2.75, 3.05) is 25.4 Å². The van der Waals surface area contributed by atoms with Gasteiger partial charge in [0.15, 0.2) is 6.10 Å². The number of amides is 1. The number of carbonyl (C=O) groups excluding carboxylic acids is 1. The number of aromatic nitrogens is 2. The minimum absolute atomic E-state index is 0.0259. The first-order valence-electron chi connectivity index (χ1n) is 18.5. The Morgan fingerprint density at radius 2 is 1.58 bits per heavy atom. The number of allylic oxidation sites excluding steroid dienone is 12. The fraction of sp³-hybridized carbons (Fsp3) is 0.410. The highest BCUT2D eigenvalue weighted by molar-refractivity contribution is 7.52. The van der Waals surface area contributed by atoms with Gasteiger partial charge in [-0.3, -0.25) is 13.9 Å². The number of alkyl halides is 2. The Hall–Kier alpha value is -5.15. The Labute approximate surface area is 330 Å². The highest BCUT2D eigenvalue weighted by atomic mass is 31.2. The molecule has 0 bridgehead atoms. The van der Waals surface area contributed by atoms with Gasteiger partial charge in [0, 0.05) is 30.6 Å². The molecule has 4 atom stereocenters. The van der Waals surface area contributed by atoms with E-state index in [1.165, 1.54) is 12.1 Å². The van der Waals surface area contributed by atoms with Gasteiger partial charge < -0.3 is 25.4 Å². The SMILES string of the molecule is CC/C=C\C/C=C\C/C=C\C/C=C\C/C=C\C/C=C\CCC(=O)NCCNP(=O)(OC[C@@]1(N=[N+]=[N-])O[C@@H](n2ccc(N)nc2=O)C(F)(F)[C@@H]1O)Oc1ccccc1. The second-order valence-electron chi connectivity index (χ2n) is 12.5. The summed E-state index contributed by atoms with van der Waals surface area (Å²) in [6.45, 7) is 0.717. The highest BCUT2D eigenvalue weighted by Gasteiger charge is 2.67. The van der Waals surface area contributed by atoms with Crippen LogP contribution < -0.4 is 26.4 Å². The minimum Gasteiger partial charge on any atom is -0.413 e. The average molecular weight is 813 g/mol. The number of nitrogens with one attached hydrogen (secondary N) is 2. The first kappa shape index (κ1) is 46.2. The molecule has 0 saturated carbocycles. The summed E-state index contributed by atoms with van der Waals surface area (Å²) in [6, 6.07) is 8.76. The van der Waals surface area contributed by atoms with Crippen LogP contribution in [0.15, 0.2) is 125 Å². The molecule has 0 aliphatic carbocycles. The smallest absolute Gasteiger partial charge is 0.413 e. The molecule has 1 amide bonds. The van der Waals surface area contributed by atoms with Gasteiger partial charge in [-0.25, -0.2) is 14.4 Å². The van der Waals surface area contributed by atoms with Crippen LogP contribution in [0.4, 0.5) is 14.6 Å². The number of aliphatic hydroxyl groups excluding tert-OH is 1.